The summed E-state index contributed by atoms with van der Waals surface area (Å²) in [5, 5.41) is 3.30. The van der Waals surface area contributed by atoms with Crippen LogP contribution < -0.4 is 10.1 Å². The Morgan fingerprint density at radius 2 is 1.85 bits per heavy atom. The van der Waals surface area contributed by atoms with E-state index >= 15 is 0 Å². The molecule has 0 saturated carbocycles. The minimum atomic E-state index is -0.596. The number of nitrogens with one attached hydrogen (secondary N) is 1. The van der Waals surface area contributed by atoms with E-state index in [1.807, 2.05) is 18.2 Å². The highest BCUT2D eigenvalue weighted by atomic mass is 35.5. The minimum Gasteiger partial charge on any atom is -0.484 e. The summed E-state index contributed by atoms with van der Waals surface area (Å²) in [6.07, 6.45) is 0.836. The van der Waals surface area contributed by atoms with Crippen molar-refractivity contribution < 1.29 is 14.3 Å². The smallest absolute Gasteiger partial charge is 0.258 e. The Kier molecular flexibility index (Phi) is 5.78. The molecule has 0 aliphatic carbocycles. The van der Waals surface area contributed by atoms with Crippen LogP contribution in [-0.4, -0.2) is 35.9 Å². The Hall–Kier alpha value is -2.53. The van der Waals surface area contributed by atoms with Gasteiger partial charge in [0.2, 0.25) is 5.91 Å². The molecule has 2 amide bonds. The summed E-state index contributed by atoms with van der Waals surface area (Å²) >= 11 is 5.81. The zero-order valence-electron chi connectivity index (χ0n) is 14.6. The largest absolute Gasteiger partial charge is 0.484 e. The first-order valence-electron chi connectivity index (χ1n) is 8.56. The van der Waals surface area contributed by atoms with Crippen molar-refractivity contribution in [1.82, 2.24) is 10.2 Å². The van der Waals surface area contributed by atoms with E-state index in [0.717, 1.165) is 12.0 Å². The Labute approximate surface area is 157 Å². The van der Waals surface area contributed by atoms with Crippen molar-refractivity contribution in [3.05, 3.63) is 64.7 Å². The van der Waals surface area contributed by atoms with Crippen molar-refractivity contribution in [1.29, 1.82) is 0 Å². The van der Waals surface area contributed by atoms with Crippen molar-refractivity contribution in [3.63, 3.8) is 0 Å². The zero-order chi connectivity index (χ0) is 18.5. The molecule has 2 aromatic rings. The van der Waals surface area contributed by atoms with E-state index in [2.05, 4.69) is 11.4 Å². The second kappa shape index (κ2) is 8.23. The fourth-order valence-corrected chi connectivity index (χ4v) is 3.11. The highest BCUT2D eigenvalue weighted by Gasteiger charge is 2.25. The number of hydrogen-bond acceptors (Lipinski definition) is 3. The average molecular weight is 373 g/mol. The molecule has 5 nitrogen and oxygen atoms in total. The summed E-state index contributed by atoms with van der Waals surface area (Å²) in [6, 6.07) is 14.3. The SMILES string of the molecule is C[C@@H](NC(=O)COc1ccc(Cl)cc1)C(=O)N1CCc2ccccc2C1. The van der Waals surface area contributed by atoms with Gasteiger partial charge in [-0.1, -0.05) is 35.9 Å². The number of halogens is 1. The molecule has 1 aliphatic heterocycles. The quantitative estimate of drug-likeness (QED) is 0.878. The summed E-state index contributed by atoms with van der Waals surface area (Å²) in [7, 11) is 0. The molecule has 6 heteroatoms. The fraction of sp³-hybridized carbons (Fsp3) is 0.300. The molecular formula is C20H21ClN2O3. The van der Waals surface area contributed by atoms with Crippen LogP contribution in [0, 0.1) is 0 Å². The van der Waals surface area contributed by atoms with Gasteiger partial charge < -0.3 is 15.0 Å². The number of carbonyl (C=O) groups is 2. The maximum Gasteiger partial charge on any atom is 0.258 e. The van der Waals surface area contributed by atoms with Gasteiger partial charge in [-0.2, -0.15) is 0 Å². The van der Waals surface area contributed by atoms with Crippen LogP contribution in [0.15, 0.2) is 48.5 Å². The summed E-state index contributed by atoms with van der Waals surface area (Å²) in [6.45, 7) is 2.79. The highest BCUT2D eigenvalue weighted by molar-refractivity contribution is 6.30. The third-order valence-electron chi connectivity index (χ3n) is 4.37. The van der Waals surface area contributed by atoms with E-state index in [0.29, 0.717) is 23.9 Å². The summed E-state index contributed by atoms with van der Waals surface area (Å²) in [4.78, 5) is 26.4. The van der Waals surface area contributed by atoms with Crippen molar-refractivity contribution in [2.24, 2.45) is 0 Å². The van der Waals surface area contributed by atoms with Crippen molar-refractivity contribution in [3.8, 4) is 5.75 Å². The van der Waals surface area contributed by atoms with Crippen molar-refractivity contribution >= 4 is 23.4 Å². The Balaban J connectivity index is 1.49. The molecular weight excluding hydrogens is 352 g/mol. The van der Waals surface area contributed by atoms with Gasteiger partial charge in [0.1, 0.15) is 11.8 Å². The Bertz CT molecular complexity index is 792. The van der Waals surface area contributed by atoms with Crippen LogP contribution in [0.4, 0.5) is 0 Å². The maximum atomic E-state index is 12.6. The van der Waals surface area contributed by atoms with E-state index < -0.39 is 6.04 Å². The summed E-state index contributed by atoms with van der Waals surface area (Å²) in [5.74, 6) is 0.133. The molecule has 0 unspecified atom stereocenters. The van der Waals surface area contributed by atoms with Crippen molar-refractivity contribution in [2.75, 3.05) is 13.2 Å². The standard InChI is InChI=1S/C20H21ClN2O3/c1-14(22-19(24)13-26-18-8-6-17(21)7-9-18)20(25)23-11-10-15-4-2-3-5-16(15)12-23/h2-9,14H,10-13H2,1H3,(H,22,24)/t14-/m1/s1. The van der Waals surface area contributed by atoms with Gasteiger partial charge in [-0.3, -0.25) is 9.59 Å². The van der Waals surface area contributed by atoms with Gasteiger partial charge in [-0.05, 0) is 48.7 Å². The Morgan fingerprint density at radius 1 is 1.15 bits per heavy atom. The lowest BCUT2D eigenvalue weighted by molar-refractivity contribution is -0.137. The van der Waals surface area contributed by atoms with E-state index in [9.17, 15) is 9.59 Å². The summed E-state index contributed by atoms with van der Waals surface area (Å²) in [5.41, 5.74) is 2.45. The van der Waals surface area contributed by atoms with Crippen LogP contribution >= 0.6 is 11.6 Å². The van der Waals surface area contributed by atoms with Gasteiger partial charge in [-0.15, -0.1) is 0 Å². The van der Waals surface area contributed by atoms with E-state index in [-0.39, 0.29) is 18.4 Å². The molecule has 3 rings (SSSR count). The van der Waals surface area contributed by atoms with Crippen LogP contribution in [0.1, 0.15) is 18.1 Å². The normalized spacial score (nSPS) is 14.3. The van der Waals surface area contributed by atoms with Gasteiger partial charge >= 0.3 is 0 Å². The molecule has 0 fully saturated rings. The lowest BCUT2D eigenvalue weighted by Gasteiger charge is -2.31. The summed E-state index contributed by atoms with van der Waals surface area (Å²) < 4.78 is 5.40. The van der Waals surface area contributed by atoms with E-state index in [1.54, 1.807) is 36.1 Å². The monoisotopic (exact) mass is 372 g/mol. The third kappa shape index (κ3) is 4.55. The van der Waals surface area contributed by atoms with Crippen LogP contribution in [0.3, 0.4) is 0 Å². The molecule has 2 aromatic carbocycles. The van der Waals surface area contributed by atoms with Gasteiger partial charge in [0.15, 0.2) is 6.61 Å². The molecule has 1 N–H and O–H groups in total. The van der Waals surface area contributed by atoms with Crippen molar-refractivity contribution in [2.45, 2.75) is 25.9 Å². The second-order valence-electron chi connectivity index (χ2n) is 6.31. The van der Waals surface area contributed by atoms with Crippen LogP contribution in [0.25, 0.3) is 0 Å². The lowest BCUT2D eigenvalue weighted by Crippen LogP contribution is -2.49. The van der Waals surface area contributed by atoms with Gasteiger partial charge in [-0.25, -0.2) is 0 Å². The predicted octanol–water partition coefficient (Wildman–Crippen LogP) is 2.81. The molecule has 26 heavy (non-hydrogen) atoms. The first-order chi connectivity index (χ1) is 12.5. The third-order valence-corrected chi connectivity index (χ3v) is 4.63. The first kappa shape index (κ1) is 18.3. The number of ether oxygens (including phenoxy) is 1. The molecule has 1 atom stereocenters. The molecule has 1 aliphatic rings. The fourth-order valence-electron chi connectivity index (χ4n) is 2.98. The highest BCUT2D eigenvalue weighted by Crippen LogP contribution is 2.19. The molecule has 0 spiro atoms. The van der Waals surface area contributed by atoms with Gasteiger partial charge in [0.05, 0.1) is 0 Å². The Morgan fingerprint density at radius 3 is 2.58 bits per heavy atom. The average Bonchev–Trinajstić information content (AvgIpc) is 2.66. The predicted molar refractivity (Wildman–Crippen MR) is 100 cm³/mol. The van der Waals surface area contributed by atoms with Gasteiger partial charge in [0, 0.05) is 18.1 Å². The number of hydrogen-bond donors (Lipinski definition) is 1. The number of rotatable bonds is 5. The second-order valence-corrected chi connectivity index (χ2v) is 6.75. The number of amides is 2. The number of nitrogens with zero attached hydrogens (tertiary/aromatic N) is 1. The van der Waals surface area contributed by atoms with Crippen LogP contribution in [0.5, 0.6) is 5.75 Å². The van der Waals surface area contributed by atoms with E-state index in [1.165, 1.54) is 5.56 Å². The molecule has 0 radical (unpaired) electrons. The molecule has 0 saturated heterocycles. The topological polar surface area (TPSA) is 58.6 Å². The molecule has 1 heterocycles. The van der Waals surface area contributed by atoms with E-state index in [4.69, 9.17) is 16.3 Å². The molecule has 0 aromatic heterocycles. The maximum absolute atomic E-state index is 12.6. The number of fused-ring (bicyclic) bond motifs is 1. The number of benzene rings is 2. The number of carbonyl (C=O) groups excluding carboxylic acids is 2. The molecule has 136 valence electrons. The molecule has 0 bridgehead atoms. The minimum absolute atomic E-state index is 0.0839. The zero-order valence-corrected chi connectivity index (χ0v) is 15.3. The first-order valence-corrected chi connectivity index (χ1v) is 8.94. The van der Waals surface area contributed by atoms with Crippen LogP contribution in [0.2, 0.25) is 5.02 Å². The lowest BCUT2D eigenvalue weighted by atomic mass is 9.99. The van der Waals surface area contributed by atoms with Gasteiger partial charge in [0.25, 0.3) is 5.91 Å². The van der Waals surface area contributed by atoms with Crippen LogP contribution in [-0.2, 0) is 22.6 Å².